The van der Waals surface area contributed by atoms with Gasteiger partial charge in [0.05, 0.1) is 18.1 Å². The standard InChI is InChI=1S/C36H49BN4O7/c1-22(2)30(41-34(45)46-20-25-15-11-8-12-16-25)33(44)40-27(17-24-13-9-7-10-14-24)32(43)39-23(3)31(42)38-21-37-47-29-19-26-18-28(35(26,4)5)36(29,6)48-37/h7-16,22-23,26-30H,17-21H2,1-6H3,(H,38,42)(H,39,43)(H,40,44)(H,41,45)/t23-,26?,27?,28?,29+,30-,36-/m0/s1. The van der Waals surface area contributed by atoms with E-state index >= 15 is 0 Å². The average Bonchev–Trinajstić information content (AvgIpc) is 3.41. The van der Waals surface area contributed by atoms with Crippen molar-refractivity contribution >= 4 is 30.9 Å². The molecule has 1 aliphatic heterocycles. The van der Waals surface area contributed by atoms with Crippen molar-refractivity contribution in [2.75, 3.05) is 6.44 Å². The molecule has 0 radical (unpaired) electrons. The Balaban J connectivity index is 1.16. The van der Waals surface area contributed by atoms with Crippen LogP contribution in [0.25, 0.3) is 0 Å². The van der Waals surface area contributed by atoms with Crippen molar-refractivity contribution in [3.05, 3.63) is 71.8 Å². The summed E-state index contributed by atoms with van der Waals surface area (Å²) in [6.45, 7) is 11.9. The van der Waals surface area contributed by atoms with Crippen LogP contribution in [0.3, 0.4) is 0 Å². The molecule has 1 saturated heterocycles. The molecule has 6 rings (SSSR count). The third-order valence-electron chi connectivity index (χ3n) is 10.5. The molecule has 12 heteroatoms. The highest BCUT2D eigenvalue weighted by Crippen LogP contribution is 2.65. The fraction of sp³-hybridized carbons (Fsp3) is 0.556. The lowest BCUT2D eigenvalue weighted by atomic mass is 9.43. The number of benzene rings is 2. The Hall–Kier alpha value is -3.90. The van der Waals surface area contributed by atoms with E-state index in [1.165, 1.54) is 0 Å². The van der Waals surface area contributed by atoms with Crippen LogP contribution in [0.1, 0.15) is 65.5 Å². The minimum Gasteiger partial charge on any atom is -0.445 e. The average molecular weight is 661 g/mol. The van der Waals surface area contributed by atoms with Crippen LogP contribution in [-0.2, 0) is 41.5 Å². The third kappa shape index (κ3) is 7.87. The van der Waals surface area contributed by atoms with E-state index in [4.69, 9.17) is 14.0 Å². The van der Waals surface area contributed by atoms with E-state index in [1.54, 1.807) is 20.8 Å². The minimum atomic E-state index is -1.02. The highest BCUT2D eigenvalue weighted by Gasteiger charge is 2.67. The van der Waals surface area contributed by atoms with Crippen molar-refractivity contribution in [2.24, 2.45) is 23.2 Å². The van der Waals surface area contributed by atoms with Crippen molar-refractivity contribution in [3.63, 3.8) is 0 Å². The van der Waals surface area contributed by atoms with Gasteiger partial charge in [-0.05, 0) is 61.0 Å². The molecule has 3 aliphatic carbocycles. The lowest BCUT2D eigenvalue weighted by molar-refractivity contribution is -0.199. The van der Waals surface area contributed by atoms with Gasteiger partial charge in [0, 0.05) is 6.42 Å². The Morgan fingerprint density at radius 2 is 1.50 bits per heavy atom. The van der Waals surface area contributed by atoms with Gasteiger partial charge < -0.3 is 35.3 Å². The normalized spacial score (nSPS) is 25.5. The molecule has 7 atom stereocenters. The molecule has 48 heavy (non-hydrogen) atoms. The Morgan fingerprint density at radius 1 is 0.854 bits per heavy atom. The lowest BCUT2D eigenvalue weighted by Crippen LogP contribution is -2.65. The van der Waals surface area contributed by atoms with E-state index in [1.807, 2.05) is 60.7 Å². The Bertz CT molecular complexity index is 1460. The van der Waals surface area contributed by atoms with Crippen LogP contribution in [0, 0.1) is 23.2 Å². The van der Waals surface area contributed by atoms with Crippen LogP contribution < -0.4 is 21.3 Å². The number of rotatable bonds is 13. The van der Waals surface area contributed by atoms with E-state index in [0.29, 0.717) is 11.8 Å². The summed E-state index contributed by atoms with van der Waals surface area (Å²) in [5.74, 6) is -0.735. The van der Waals surface area contributed by atoms with Crippen molar-refractivity contribution in [1.29, 1.82) is 0 Å². The highest BCUT2D eigenvalue weighted by atomic mass is 16.7. The van der Waals surface area contributed by atoms with E-state index in [-0.39, 0.29) is 42.5 Å². The fourth-order valence-electron chi connectivity index (χ4n) is 7.50. The van der Waals surface area contributed by atoms with Crippen LogP contribution in [-0.4, -0.2) is 67.2 Å². The number of alkyl carbamates (subject to hydrolysis) is 1. The van der Waals surface area contributed by atoms with Crippen molar-refractivity contribution in [1.82, 2.24) is 21.3 Å². The molecule has 11 nitrogen and oxygen atoms in total. The maximum absolute atomic E-state index is 13.6. The summed E-state index contributed by atoms with van der Waals surface area (Å²) >= 11 is 0. The first-order valence-electron chi connectivity index (χ1n) is 17.0. The molecule has 3 unspecified atom stereocenters. The largest absolute Gasteiger partial charge is 0.478 e. The number of ether oxygens (including phenoxy) is 1. The molecule has 2 bridgehead atoms. The van der Waals surface area contributed by atoms with Crippen LogP contribution in [0.5, 0.6) is 0 Å². The van der Waals surface area contributed by atoms with E-state index in [2.05, 4.69) is 42.0 Å². The number of carbonyl (C=O) groups is 4. The van der Waals surface area contributed by atoms with Gasteiger partial charge in [-0.1, -0.05) is 88.4 Å². The maximum Gasteiger partial charge on any atom is 0.478 e. The maximum atomic E-state index is 13.6. The predicted octanol–water partition coefficient (Wildman–Crippen LogP) is 3.55. The summed E-state index contributed by atoms with van der Waals surface area (Å²) in [5.41, 5.74) is 1.47. The Labute approximate surface area is 283 Å². The number of nitrogens with one attached hydrogen (secondary N) is 4. The van der Waals surface area contributed by atoms with Gasteiger partial charge in [0.2, 0.25) is 17.7 Å². The summed E-state index contributed by atoms with van der Waals surface area (Å²) in [6, 6.07) is 15.6. The molecule has 2 aromatic rings. The number of hydrogen-bond acceptors (Lipinski definition) is 7. The van der Waals surface area contributed by atoms with E-state index in [0.717, 1.165) is 24.0 Å². The molecule has 4 fully saturated rings. The summed E-state index contributed by atoms with van der Waals surface area (Å²) in [5, 5.41) is 11.0. The van der Waals surface area contributed by atoms with Crippen molar-refractivity contribution < 1.29 is 33.2 Å². The van der Waals surface area contributed by atoms with Gasteiger partial charge in [0.15, 0.2) is 0 Å². The molecule has 2 aromatic carbocycles. The van der Waals surface area contributed by atoms with Crippen LogP contribution in [0.4, 0.5) is 4.79 Å². The quantitative estimate of drug-likeness (QED) is 0.241. The zero-order valence-corrected chi connectivity index (χ0v) is 28.8. The number of hydrogen-bond donors (Lipinski definition) is 4. The van der Waals surface area contributed by atoms with Crippen LogP contribution >= 0.6 is 0 Å². The van der Waals surface area contributed by atoms with Crippen LogP contribution in [0.15, 0.2) is 60.7 Å². The van der Waals surface area contributed by atoms with Gasteiger partial charge in [-0.2, -0.15) is 0 Å². The van der Waals surface area contributed by atoms with E-state index in [9.17, 15) is 19.2 Å². The van der Waals surface area contributed by atoms with Gasteiger partial charge in [-0.15, -0.1) is 0 Å². The Kier molecular flexibility index (Phi) is 10.8. The molecular formula is C36H49BN4O7. The number of carbonyl (C=O) groups excluding carboxylic acids is 4. The molecular weight excluding hydrogens is 611 g/mol. The zero-order valence-electron chi connectivity index (χ0n) is 28.8. The summed E-state index contributed by atoms with van der Waals surface area (Å²) in [6.07, 6.45) is 1.69. The number of amides is 4. The van der Waals surface area contributed by atoms with Gasteiger partial charge in [-0.3, -0.25) is 14.4 Å². The van der Waals surface area contributed by atoms with Crippen molar-refractivity contribution in [2.45, 2.75) is 97.2 Å². The fourth-order valence-corrected chi connectivity index (χ4v) is 7.50. The highest BCUT2D eigenvalue weighted by molar-refractivity contribution is 6.46. The molecule has 0 spiro atoms. The predicted molar refractivity (Wildman–Crippen MR) is 181 cm³/mol. The minimum absolute atomic E-state index is 0.00512. The second-order valence-corrected chi connectivity index (χ2v) is 14.6. The first-order valence-corrected chi connectivity index (χ1v) is 17.0. The zero-order chi connectivity index (χ0) is 34.6. The smallest absolute Gasteiger partial charge is 0.445 e. The topological polar surface area (TPSA) is 144 Å². The first-order chi connectivity index (χ1) is 22.8. The van der Waals surface area contributed by atoms with E-state index < -0.39 is 49.1 Å². The third-order valence-corrected chi connectivity index (χ3v) is 10.5. The van der Waals surface area contributed by atoms with Gasteiger partial charge in [0.1, 0.15) is 24.7 Å². The van der Waals surface area contributed by atoms with Gasteiger partial charge >= 0.3 is 13.2 Å². The van der Waals surface area contributed by atoms with Gasteiger partial charge in [-0.25, -0.2) is 4.79 Å². The lowest BCUT2D eigenvalue weighted by Gasteiger charge is -2.64. The molecule has 258 valence electrons. The SMILES string of the molecule is CC(C)[C@H](NC(=O)OCc1ccccc1)C(=O)NC(Cc1ccccc1)C(=O)N[C@@H](C)C(=O)NCB1O[C@@H]2CC3CC(C3(C)C)[C@]2(C)O1. The first kappa shape index (κ1) is 35.4. The summed E-state index contributed by atoms with van der Waals surface area (Å²) in [4.78, 5) is 52.8. The summed E-state index contributed by atoms with van der Waals surface area (Å²) in [7, 11) is -0.563. The second-order valence-electron chi connectivity index (χ2n) is 14.6. The molecule has 1 heterocycles. The summed E-state index contributed by atoms with van der Waals surface area (Å²) < 4.78 is 17.9. The van der Waals surface area contributed by atoms with Gasteiger partial charge in [0.25, 0.3) is 0 Å². The van der Waals surface area contributed by atoms with Crippen molar-refractivity contribution in [3.8, 4) is 0 Å². The molecule has 3 saturated carbocycles. The molecule has 4 amide bonds. The second kappa shape index (κ2) is 14.7. The molecule has 4 N–H and O–H groups in total. The monoisotopic (exact) mass is 660 g/mol. The molecule has 0 aromatic heterocycles. The Morgan fingerprint density at radius 3 is 2.12 bits per heavy atom. The van der Waals surface area contributed by atoms with Crippen LogP contribution in [0.2, 0.25) is 0 Å². The molecule has 4 aliphatic rings.